The second kappa shape index (κ2) is 8.72. The van der Waals surface area contributed by atoms with Crippen molar-refractivity contribution in [2.45, 2.75) is 45.4 Å². The highest BCUT2D eigenvalue weighted by Crippen LogP contribution is 2.35. The van der Waals surface area contributed by atoms with E-state index in [0.717, 1.165) is 6.92 Å². The molecule has 166 valence electrons. The normalized spacial score (nSPS) is 15.5. The fourth-order valence-corrected chi connectivity index (χ4v) is 3.27. The Morgan fingerprint density at radius 3 is 2.74 bits per heavy atom. The first-order valence-electron chi connectivity index (χ1n) is 9.42. The number of carbonyl (C=O) groups excluding carboxylic acids is 2. The van der Waals surface area contributed by atoms with E-state index >= 15 is 0 Å². The molecule has 3 heterocycles. The third kappa shape index (κ3) is 5.08. The average molecular weight is 455 g/mol. The van der Waals surface area contributed by atoms with Gasteiger partial charge in [-0.25, -0.2) is 18.7 Å². The third-order valence-corrected chi connectivity index (χ3v) is 5.01. The molecular weight excluding hydrogens is 434 g/mol. The summed E-state index contributed by atoms with van der Waals surface area (Å²) in [5, 5.41) is 12.0. The van der Waals surface area contributed by atoms with Crippen molar-refractivity contribution in [3.05, 3.63) is 46.2 Å². The number of carbonyl (C=O) groups is 2. The number of nitrogens with one attached hydrogen (secondary N) is 1. The van der Waals surface area contributed by atoms with Gasteiger partial charge in [-0.3, -0.25) is 9.59 Å². The van der Waals surface area contributed by atoms with Crippen molar-refractivity contribution in [2.75, 3.05) is 11.9 Å². The zero-order valence-electron chi connectivity index (χ0n) is 17.0. The lowest BCUT2D eigenvalue weighted by Crippen LogP contribution is -2.27. The molecule has 11 heteroatoms. The predicted molar refractivity (Wildman–Crippen MR) is 108 cm³/mol. The summed E-state index contributed by atoms with van der Waals surface area (Å²) in [4.78, 5) is 34.4. The molecule has 8 nitrogen and oxygen atoms in total. The second-order valence-corrected chi connectivity index (χ2v) is 7.78. The van der Waals surface area contributed by atoms with Crippen molar-refractivity contribution in [1.29, 1.82) is 0 Å². The fraction of sp³-hybridized carbons (Fsp3) is 0.400. The molecule has 2 atom stereocenters. The maximum Gasteiger partial charge on any atom is 0.278 e. The number of nitrogens with zero attached hydrogens (tertiary/aromatic N) is 3. The number of anilines is 1. The van der Waals surface area contributed by atoms with Gasteiger partial charge in [0, 0.05) is 30.4 Å². The van der Waals surface area contributed by atoms with Crippen LogP contribution in [0.25, 0.3) is 0 Å². The van der Waals surface area contributed by atoms with Crippen LogP contribution < -0.4 is 10.1 Å². The summed E-state index contributed by atoms with van der Waals surface area (Å²) in [5.74, 6) is -3.86. The highest BCUT2D eigenvalue weighted by molar-refractivity contribution is 6.31. The van der Waals surface area contributed by atoms with Crippen molar-refractivity contribution in [2.24, 2.45) is 0 Å². The Kier molecular flexibility index (Phi) is 6.42. The largest absolute Gasteiger partial charge is 0.470 e. The SMILES string of the molecule is CC(c1cnc(OCC(C)(F)F)c(Cl)c1)N1Cc2c(ccnc2NC(=O)[C@@H](C)O)C1=O. The summed E-state index contributed by atoms with van der Waals surface area (Å²) >= 11 is 6.13. The van der Waals surface area contributed by atoms with E-state index in [1.54, 1.807) is 17.9 Å². The minimum Gasteiger partial charge on any atom is -0.470 e. The maximum absolute atomic E-state index is 13.0. The summed E-state index contributed by atoms with van der Waals surface area (Å²) in [6, 6.07) is 2.59. The highest BCUT2D eigenvalue weighted by Gasteiger charge is 2.34. The average Bonchev–Trinajstić information content (AvgIpc) is 3.03. The summed E-state index contributed by atoms with van der Waals surface area (Å²) < 4.78 is 31.0. The smallest absolute Gasteiger partial charge is 0.278 e. The van der Waals surface area contributed by atoms with Crippen molar-refractivity contribution >= 4 is 29.2 Å². The van der Waals surface area contributed by atoms with Gasteiger partial charge in [0.1, 0.15) is 16.9 Å². The molecule has 0 aromatic carbocycles. The van der Waals surface area contributed by atoms with E-state index in [0.29, 0.717) is 16.7 Å². The van der Waals surface area contributed by atoms with Gasteiger partial charge in [0.2, 0.25) is 5.88 Å². The lowest BCUT2D eigenvalue weighted by molar-refractivity contribution is -0.123. The van der Waals surface area contributed by atoms with Crippen molar-refractivity contribution in [3.8, 4) is 5.88 Å². The highest BCUT2D eigenvalue weighted by atomic mass is 35.5. The summed E-state index contributed by atoms with van der Waals surface area (Å²) in [6.07, 6.45) is 1.58. The van der Waals surface area contributed by atoms with Crippen LogP contribution in [0.5, 0.6) is 5.88 Å². The molecule has 31 heavy (non-hydrogen) atoms. The molecule has 2 amide bonds. The van der Waals surface area contributed by atoms with Gasteiger partial charge < -0.3 is 20.1 Å². The number of amides is 2. The van der Waals surface area contributed by atoms with E-state index in [4.69, 9.17) is 16.3 Å². The number of pyridine rings is 2. The van der Waals surface area contributed by atoms with Crippen LogP contribution in [0.3, 0.4) is 0 Å². The molecule has 0 saturated carbocycles. The van der Waals surface area contributed by atoms with Gasteiger partial charge in [0.25, 0.3) is 17.7 Å². The molecule has 1 aliphatic heterocycles. The molecular formula is C20H21ClF2N4O4. The van der Waals surface area contributed by atoms with Gasteiger partial charge in [-0.2, -0.15) is 0 Å². The van der Waals surface area contributed by atoms with Crippen LogP contribution in [-0.4, -0.2) is 50.4 Å². The Morgan fingerprint density at radius 2 is 2.13 bits per heavy atom. The first-order chi connectivity index (χ1) is 14.5. The Morgan fingerprint density at radius 1 is 1.42 bits per heavy atom. The molecule has 2 aromatic rings. The Hall–Kier alpha value is -2.85. The Labute approximate surface area is 182 Å². The molecule has 0 bridgehead atoms. The van der Waals surface area contributed by atoms with E-state index in [9.17, 15) is 23.5 Å². The van der Waals surface area contributed by atoms with Crippen LogP contribution in [0.4, 0.5) is 14.6 Å². The van der Waals surface area contributed by atoms with Gasteiger partial charge in [-0.05, 0) is 31.5 Å². The molecule has 0 aliphatic carbocycles. The van der Waals surface area contributed by atoms with Crippen LogP contribution in [0.15, 0.2) is 24.5 Å². The van der Waals surface area contributed by atoms with E-state index in [-0.39, 0.29) is 29.2 Å². The zero-order chi connectivity index (χ0) is 22.9. The first kappa shape index (κ1) is 22.8. The molecule has 1 aliphatic rings. The molecule has 3 rings (SSSR count). The Balaban J connectivity index is 1.80. The van der Waals surface area contributed by atoms with Crippen LogP contribution in [-0.2, 0) is 11.3 Å². The number of rotatable bonds is 7. The van der Waals surface area contributed by atoms with Crippen LogP contribution in [0.2, 0.25) is 5.02 Å². The quantitative estimate of drug-likeness (QED) is 0.665. The van der Waals surface area contributed by atoms with Crippen LogP contribution >= 0.6 is 11.6 Å². The number of alkyl halides is 2. The first-order valence-corrected chi connectivity index (χ1v) is 9.79. The van der Waals surface area contributed by atoms with Crippen molar-refractivity contribution < 1.29 is 28.2 Å². The van der Waals surface area contributed by atoms with Crippen molar-refractivity contribution in [3.63, 3.8) is 0 Å². The van der Waals surface area contributed by atoms with E-state index in [1.165, 1.54) is 25.4 Å². The number of aliphatic hydroxyl groups is 1. The summed E-state index contributed by atoms with van der Waals surface area (Å²) in [7, 11) is 0. The number of fused-ring (bicyclic) bond motifs is 1. The number of halogens is 3. The topological polar surface area (TPSA) is 105 Å². The monoisotopic (exact) mass is 454 g/mol. The number of hydrogen-bond donors (Lipinski definition) is 2. The standard InChI is InChI=1S/C20H21ClF2N4O4/c1-10(12-6-15(21)18(25-7-12)31-9-20(3,22)23)27-8-14-13(19(27)30)4-5-24-16(14)26-17(29)11(2)28/h4-7,10-11,28H,8-9H2,1-3H3,(H,24,26,29)/t10?,11-/m1/s1. The van der Waals surface area contributed by atoms with Gasteiger partial charge >= 0.3 is 0 Å². The molecule has 0 radical (unpaired) electrons. The molecule has 2 aromatic heterocycles. The molecule has 0 spiro atoms. The van der Waals surface area contributed by atoms with E-state index < -0.39 is 30.6 Å². The summed E-state index contributed by atoms with van der Waals surface area (Å²) in [5.41, 5.74) is 1.48. The summed E-state index contributed by atoms with van der Waals surface area (Å²) in [6.45, 7) is 3.11. The predicted octanol–water partition coefficient (Wildman–Crippen LogP) is 3.20. The van der Waals surface area contributed by atoms with Gasteiger partial charge in [-0.15, -0.1) is 0 Å². The lowest BCUT2D eigenvalue weighted by atomic mass is 10.1. The van der Waals surface area contributed by atoms with Gasteiger partial charge in [-0.1, -0.05) is 11.6 Å². The molecule has 0 fully saturated rings. The number of aliphatic hydroxyl groups excluding tert-OH is 1. The van der Waals surface area contributed by atoms with E-state index in [1.807, 2.05) is 0 Å². The minimum atomic E-state index is -3.03. The minimum absolute atomic E-state index is 0.0457. The van der Waals surface area contributed by atoms with E-state index in [2.05, 4.69) is 15.3 Å². The van der Waals surface area contributed by atoms with Gasteiger partial charge in [0.15, 0.2) is 6.61 Å². The Bertz CT molecular complexity index is 1010. The van der Waals surface area contributed by atoms with Crippen molar-refractivity contribution in [1.82, 2.24) is 14.9 Å². The third-order valence-electron chi connectivity index (χ3n) is 4.74. The number of ether oxygens (including phenoxy) is 1. The number of aromatic nitrogens is 2. The van der Waals surface area contributed by atoms with Crippen LogP contribution in [0.1, 0.15) is 48.3 Å². The second-order valence-electron chi connectivity index (χ2n) is 7.37. The fourth-order valence-electron chi connectivity index (χ4n) is 3.04. The molecule has 2 N–H and O–H groups in total. The zero-order valence-corrected chi connectivity index (χ0v) is 17.8. The molecule has 0 saturated heterocycles. The molecule has 1 unspecified atom stereocenters. The lowest BCUT2D eigenvalue weighted by Gasteiger charge is -2.25. The van der Waals surface area contributed by atoms with Crippen LogP contribution in [0, 0.1) is 0 Å². The maximum atomic E-state index is 13.0. The number of hydrogen-bond acceptors (Lipinski definition) is 6. The van der Waals surface area contributed by atoms with Gasteiger partial charge in [0.05, 0.1) is 12.6 Å².